The molecule has 0 bridgehead atoms. The second-order valence-electron chi connectivity index (χ2n) is 7.34. The molecule has 0 unspecified atom stereocenters. The lowest BCUT2D eigenvalue weighted by molar-refractivity contribution is -0.133. The number of amides is 1. The van der Waals surface area contributed by atoms with Gasteiger partial charge in [0.2, 0.25) is 0 Å². The molecule has 29 heavy (non-hydrogen) atoms. The molecule has 0 aliphatic carbocycles. The zero-order valence-corrected chi connectivity index (χ0v) is 15.8. The van der Waals surface area contributed by atoms with Crippen molar-refractivity contribution in [3.05, 3.63) is 90.0 Å². The van der Waals surface area contributed by atoms with Crippen molar-refractivity contribution in [2.75, 3.05) is 4.90 Å². The topological polar surface area (TPSA) is 79.2 Å². The number of rotatable bonds is 3. The van der Waals surface area contributed by atoms with Gasteiger partial charge in [-0.15, -0.1) is 0 Å². The maximum Gasteiger partial charge on any atom is 0.267 e. The van der Waals surface area contributed by atoms with Crippen molar-refractivity contribution < 1.29 is 9.90 Å². The van der Waals surface area contributed by atoms with Crippen LogP contribution in [0.25, 0.3) is 10.8 Å². The van der Waals surface area contributed by atoms with Crippen LogP contribution >= 0.6 is 0 Å². The summed E-state index contributed by atoms with van der Waals surface area (Å²) < 4.78 is 0. The molecule has 2 aromatic heterocycles. The number of benzene rings is 2. The Kier molecular flexibility index (Phi) is 3.89. The Labute approximate surface area is 167 Å². The van der Waals surface area contributed by atoms with Crippen LogP contribution in [0, 0.1) is 0 Å². The van der Waals surface area contributed by atoms with Crippen LogP contribution in [0.5, 0.6) is 0 Å². The van der Waals surface area contributed by atoms with E-state index in [2.05, 4.69) is 15.2 Å². The number of carbonyl (C=O) groups is 1. The summed E-state index contributed by atoms with van der Waals surface area (Å²) in [7, 11) is 0. The fourth-order valence-electron chi connectivity index (χ4n) is 3.88. The number of nitrogens with zero attached hydrogens (tertiary/aromatic N) is 4. The van der Waals surface area contributed by atoms with E-state index in [1.165, 1.54) is 11.8 Å². The van der Waals surface area contributed by atoms with Crippen LogP contribution < -0.4 is 4.90 Å². The molecule has 4 aromatic rings. The summed E-state index contributed by atoms with van der Waals surface area (Å²) in [6.45, 7) is 1.52. The molecule has 1 atom stereocenters. The quantitative estimate of drug-likeness (QED) is 0.587. The van der Waals surface area contributed by atoms with Crippen molar-refractivity contribution in [3.8, 4) is 0 Å². The predicted octanol–water partition coefficient (Wildman–Crippen LogP) is 3.50. The number of hydrogen-bond acceptors (Lipinski definition) is 5. The zero-order chi connectivity index (χ0) is 20.0. The maximum absolute atomic E-state index is 13.0. The number of aromatic nitrogens is 3. The van der Waals surface area contributed by atoms with Gasteiger partial charge in [-0.3, -0.25) is 14.7 Å². The summed E-state index contributed by atoms with van der Waals surface area (Å²) in [6, 6.07) is 17.2. The Morgan fingerprint density at radius 2 is 1.83 bits per heavy atom. The fraction of sp³-hybridized carbons (Fsp3) is 0.130. The van der Waals surface area contributed by atoms with Crippen molar-refractivity contribution in [2.24, 2.45) is 0 Å². The summed E-state index contributed by atoms with van der Waals surface area (Å²) in [5, 5.41) is 21.2. The van der Waals surface area contributed by atoms with E-state index in [0.29, 0.717) is 23.4 Å². The summed E-state index contributed by atoms with van der Waals surface area (Å²) in [5.41, 5.74) is 2.08. The molecule has 0 spiro atoms. The van der Waals surface area contributed by atoms with Gasteiger partial charge in [0, 0.05) is 29.0 Å². The summed E-state index contributed by atoms with van der Waals surface area (Å²) >= 11 is 0. The molecular formula is C23H18N4O2. The van der Waals surface area contributed by atoms with Gasteiger partial charge in [-0.05, 0) is 24.6 Å². The van der Waals surface area contributed by atoms with E-state index >= 15 is 0 Å². The molecule has 0 radical (unpaired) electrons. The molecule has 1 amide bonds. The van der Waals surface area contributed by atoms with Crippen molar-refractivity contribution >= 4 is 28.1 Å². The van der Waals surface area contributed by atoms with Gasteiger partial charge in [0.15, 0.2) is 5.60 Å². The van der Waals surface area contributed by atoms with E-state index in [1.54, 1.807) is 24.7 Å². The number of anilines is 2. The van der Waals surface area contributed by atoms with Crippen LogP contribution in [0.15, 0.2) is 73.2 Å². The van der Waals surface area contributed by atoms with Crippen LogP contribution in [0.3, 0.4) is 0 Å². The molecule has 0 saturated heterocycles. The van der Waals surface area contributed by atoms with Gasteiger partial charge in [0.05, 0.1) is 29.5 Å². The van der Waals surface area contributed by atoms with Crippen molar-refractivity contribution in [1.29, 1.82) is 0 Å². The first-order valence-corrected chi connectivity index (χ1v) is 9.35. The van der Waals surface area contributed by atoms with Crippen molar-refractivity contribution in [3.63, 3.8) is 0 Å². The monoisotopic (exact) mass is 382 g/mol. The van der Waals surface area contributed by atoms with Crippen LogP contribution in [-0.2, 0) is 16.8 Å². The summed E-state index contributed by atoms with van der Waals surface area (Å²) in [4.78, 5) is 18.8. The molecule has 1 N–H and O–H groups in total. The van der Waals surface area contributed by atoms with Gasteiger partial charge in [0.1, 0.15) is 0 Å². The van der Waals surface area contributed by atoms with Gasteiger partial charge >= 0.3 is 0 Å². The number of aliphatic hydroxyl groups is 1. The van der Waals surface area contributed by atoms with Gasteiger partial charge in [-0.25, -0.2) is 0 Å². The van der Waals surface area contributed by atoms with E-state index in [9.17, 15) is 9.90 Å². The molecule has 2 aromatic carbocycles. The maximum atomic E-state index is 13.0. The van der Waals surface area contributed by atoms with E-state index in [4.69, 9.17) is 0 Å². The average Bonchev–Trinajstić information content (AvgIpc) is 2.95. The molecule has 1 aliphatic heterocycles. The minimum absolute atomic E-state index is 0.386. The normalized spacial score (nSPS) is 18.3. The largest absolute Gasteiger partial charge is 0.375 e. The molecule has 3 heterocycles. The molecular weight excluding hydrogens is 364 g/mol. The van der Waals surface area contributed by atoms with E-state index in [0.717, 1.165) is 22.0 Å². The molecule has 1 aliphatic rings. The first-order valence-electron chi connectivity index (χ1n) is 9.35. The third-order valence-corrected chi connectivity index (χ3v) is 5.35. The second-order valence-corrected chi connectivity index (χ2v) is 7.34. The van der Waals surface area contributed by atoms with Crippen LogP contribution in [-0.4, -0.2) is 26.2 Å². The minimum Gasteiger partial charge on any atom is -0.375 e. The number of carbonyl (C=O) groups excluding carboxylic acids is 1. The lowest BCUT2D eigenvalue weighted by atomic mass is 9.98. The van der Waals surface area contributed by atoms with Crippen LogP contribution in [0.4, 0.5) is 11.4 Å². The Bertz CT molecular complexity index is 1250. The smallest absolute Gasteiger partial charge is 0.267 e. The SMILES string of the molecule is C[C@]1(O)C(=O)N(c2cncc(Cc3nncc4ccccc34)c2)c2ccccc21. The third kappa shape index (κ3) is 2.77. The Morgan fingerprint density at radius 3 is 2.72 bits per heavy atom. The number of hydrogen-bond donors (Lipinski definition) is 1. The van der Waals surface area contributed by atoms with Crippen molar-refractivity contribution in [2.45, 2.75) is 18.9 Å². The van der Waals surface area contributed by atoms with Crippen molar-refractivity contribution in [1.82, 2.24) is 15.2 Å². The van der Waals surface area contributed by atoms with E-state index < -0.39 is 5.60 Å². The second kappa shape index (κ2) is 6.46. The summed E-state index contributed by atoms with van der Waals surface area (Å²) in [5.74, 6) is -0.386. The highest BCUT2D eigenvalue weighted by Gasteiger charge is 2.46. The first kappa shape index (κ1) is 17.5. The Hall–Kier alpha value is -3.64. The fourth-order valence-corrected chi connectivity index (χ4v) is 3.88. The Balaban J connectivity index is 1.55. The Morgan fingerprint density at radius 1 is 1.03 bits per heavy atom. The van der Waals surface area contributed by atoms with Gasteiger partial charge in [-0.1, -0.05) is 42.5 Å². The molecule has 0 fully saturated rings. The zero-order valence-electron chi connectivity index (χ0n) is 15.8. The molecule has 6 heteroatoms. The van der Waals surface area contributed by atoms with Crippen LogP contribution in [0.1, 0.15) is 23.7 Å². The summed E-state index contributed by atoms with van der Waals surface area (Å²) in [6.07, 6.45) is 5.68. The minimum atomic E-state index is -1.56. The number of para-hydroxylation sites is 1. The highest BCUT2D eigenvalue weighted by atomic mass is 16.3. The molecule has 142 valence electrons. The lowest BCUT2D eigenvalue weighted by Gasteiger charge is -2.20. The molecule has 0 saturated carbocycles. The lowest BCUT2D eigenvalue weighted by Crippen LogP contribution is -2.35. The standard InChI is InChI=1S/C23H18N4O2/c1-23(29)19-8-4-5-9-21(19)27(22(23)28)17-10-15(12-24-14-17)11-20-18-7-3-2-6-16(18)13-25-26-20/h2-10,12-14,29H,11H2,1H3/t23-/m1/s1. The average molecular weight is 382 g/mol. The molecule has 6 nitrogen and oxygen atoms in total. The van der Waals surface area contributed by atoms with Gasteiger partial charge < -0.3 is 5.11 Å². The van der Waals surface area contributed by atoms with Gasteiger partial charge in [0.25, 0.3) is 5.91 Å². The number of fused-ring (bicyclic) bond motifs is 2. The first-order chi connectivity index (χ1) is 14.1. The molecule has 5 rings (SSSR count). The van der Waals surface area contributed by atoms with E-state index in [-0.39, 0.29) is 5.91 Å². The highest BCUT2D eigenvalue weighted by Crippen LogP contribution is 2.43. The van der Waals surface area contributed by atoms with E-state index in [1.807, 2.05) is 48.5 Å². The van der Waals surface area contributed by atoms with Crippen LogP contribution in [0.2, 0.25) is 0 Å². The van der Waals surface area contributed by atoms with Gasteiger partial charge in [-0.2, -0.15) is 10.2 Å². The third-order valence-electron chi connectivity index (χ3n) is 5.35. The number of pyridine rings is 1. The highest BCUT2D eigenvalue weighted by molar-refractivity contribution is 6.11. The predicted molar refractivity (Wildman–Crippen MR) is 110 cm³/mol.